The first kappa shape index (κ1) is 24.4. The number of hydrogen-bond donors (Lipinski definition) is 2. The maximum absolute atomic E-state index is 12.7. The van der Waals surface area contributed by atoms with Crippen LogP contribution in [0.1, 0.15) is 13.8 Å². The number of hydrogen-bond acceptors (Lipinski definition) is 6. The Labute approximate surface area is 198 Å². The normalized spacial score (nSPS) is 12.1. The number of carbonyl (C=O) groups is 2. The van der Waals surface area contributed by atoms with Crippen molar-refractivity contribution in [2.45, 2.75) is 26.1 Å². The van der Waals surface area contributed by atoms with Crippen LogP contribution in [0.15, 0.2) is 72.8 Å². The van der Waals surface area contributed by atoms with Crippen molar-refractivity contribution in [3.8, 4) is 23.0 Å². The van der Waals surface area contributed by atoms with Crippen LogP contribution in [0, 0.1) is 0 Å². The second-order valence-electron chi connectivity index (χ2n) is 7.38. The lowest BCUT2D eigenvalue weighted by Crippen LogP contribution is -2.31. The highest BCUT2D eigenvalue weighted by Crippen LogP contribution is 2.36. The molecule has 0 radical (unpaired) electrons. The molecule has 3 aromatic rings. The van der Waals surface area contributed by atoms with Gasteiger partial charge in [0, 0.05) is 12.1 Å². The molecule has 0 saturated heterocycles. The molecular formula is C26H28N2O6. The van der Waals surface area contributed by atoms with Gasteiger partial charge in [-0.25, -0.2) is 0 Å². The lowest BCUT2D eigenvalue weighted by atomic mass is 10.2. The lowest BCUT2D eigenvalue weighted by molar-refractivity contribution is -0.122. The lowest BCUT2D eigenvalue weighted by Gasteiger charge is -2.19. The van der Waals surface area contributed by atoms with Gasteiger partial charge in [-0.1, -0.05) is 36.4 Å². The van der Waals surface area contributed by atoms with Crippen molar-refractivity contribution in [2.75, 3.05) is 24.9 Å². The van der Waals surface area contributed by atoms with Crippen molar-refractivity contribution in [3.05, 3.63) is 72.8 Å². The summed E-state index contributed by atoms with van der Waals surface area (Å²) < 4.78 is 22.2. The molecule has 0 heterocycles. The molecule has 0 unspecified atom stereocenters. The molecule has 0 spiro atoms. The second-order valence-corrected chi connectivity index (χ2v) is 7.38. The highest BCUT2D eigenvalue weighted by molar-refractivity contribution is 5.99. The van der Waals surface area contributed by atoms with Crippen molar-refractivity contribution in [1.29, 1.82) is 0 Å². The second kappa shape index (κ2) is 11.6. The van der Waals surface area contributed by atoms with E-state index < -0.39 is 12.2 Å². The van der Waals surface area contributed by atoms with E-state index in [1.54, 1.807) is 50.2 Å². The Hall–Kier alpha value is -4.20. The molecule has 0 aliphatic rings. The monoisotopic (exact) mass is 464 g/mol. The zero-order valence-corrected chi connectivity index (χ0v) is 19.5. The summed E-state index contributed by atoms with van der Waals surface area (Å²) in [6.07, 6.45) is -1.51. The van der Waals surface area contributed by atoms with E-state index >= 15 is 0 Å². The summed E-state index contributed by atoms with van der Waals surface area (Å²) in [5, 5.41) is 5.57. The van der Waals surface area contributed by atoms with Crippen LogP contribution in [0.2, 0.25) is 0 Å². The standard InChI is InChI=1S/C26H28N2O6/c1-17(33-19-11-7-5-8-12-19)25(29)27-21-15-24(32-4)22(16-23(21)31-3)28-26(30)18(2)34-20-13-9-6-10-14-20/h5-18H,1-4H3,(H,27,29)(H,28,30)/t17-,18+. The molecule has 0 aliphatic heterocycles. The molecule has 0 saturated carbocycles. The zero-order chi connectivity index (χ0) is 24.5. The van der Waals surface area contributed by atoms with E-state index in [4.69, 9.17) is 18.9 Å². The maximum atomic E-state index is 12.7. The van der Waals surface area contributed by atoms with Gasteiger partial charge in [0.05, 0.1) is 25.6 Å². The maximum Gasteiger partial charge on any atom is 0.265 e. The highest BCUT2D eigenvalue weighted by Gasteiger charge is 2.21. The first-order valence-electron chi connectivity index (χ1n) is 10.7. The molecule has 3 aromatic carbocycles. The Morgan fingerprint density at radius 3 is 1.32 bits per heavy atom. The molecule has 8 nitrogen and oxygen atoms in total. The molecule has 8 heteroatoms. The Kier molecular flexibility index (Phi) is 8.34. The predicted molar refractivity (Wildman–Crippen MR) is 130 cm³/mol. The minimum absolute atomic E-state index is 0.341. The third kappa shape index (κ3) is 6.41. The summed E-state index contributed by atoms with van der Waals surface area (Å²) in [5.74, 6) is 1.11. The molecule has 0 bridgehead atoms. The minimum Gasteiger partial charge on any atom is -0.494 e. The van der Waals surface area contributed by atoms with E-state index in [0.717, 1.165) is 0 Å². The first-order valence-corrected chi connectivity index (χ1v) is 10.7. The SMILES string of the molecule is COc1cc(NC(=O)[C@@H](C)Oc2ccccc2)c(OC)cc1NC(=O)[C@H](C)Oc1ccccc1. The van der Waals surface area contributed by atoms with Gasteiger partial charge in [0.1, 0.15) is 23.0 Å². The molecule has 2 N–H and O–H groups in total. The van der Waals surface area contributed by atoms with Crippen LogP contribution in [0.5, 0.6) is 23.0 Å². The van der Waals surface area contributed by atoms with Gasteiger partial charge >= 0.3 is 0 Å². The van der Waals surface area contributed by atoms with Crippen LogP contribution < -0.4 is 29.6 Å². The molecule has 0 fully saturated rings. The van der Waals surface area contributed by atoms with E-state index in [2.05, 4.69) is 10.6 Å². The number of rotatable bonds is 10. The quantitative estimate of drug-likeness (QED) is 0.458. The molecule has 0 aromatic heterocycles. The van der Waals surface area contributed by atoms with Crippen LogP contribution >= 0.6 is 0 Å². The summed E-state index contributed by atoms with van der Waals surface area (Å²) >= 11 is 0. The fraction of sp³-hybridized carbons (Fsp3) is 0.231. The minimum atomic E-state index is -0.756. The molecule has 2 atom stereocenters. The Balaban J connectivity index is 1.71. The van der Waals surface area contributed by atoms with Gasteiger partial charge < -0.3 is 29.6 Å². The van der Waals surface area contributed by atoms with Crippen LogP contribution in [0.3, 0.4) is 0 Å². The van der Waals surface area contributed by atoms with Crippen molar-refractivity contribution >= 4 is 23.2 Å². The van der Waals surface area contributed by atoms with Gasteiger partial charge in [-0.2, -0.15) is 0 Å². The van der Waals surface area contributed by atoms with Gasteiger partial charge in [0.15, 0.2) is 12.2 Å². The Bertz CT molecular complexity index is 1020. The van der Waals surface area contributed by atoms with Gasteiger partial charge in [-0.05, 0) is 38.1 Å². The number of amides is 2. The zero-order valence-electron chi connectivity index (χ0n) is 19.5. The highest BCUT2D eigenvalue weighted by atomic mass is 16.5. The third-order valence-corrected chi connectivity index (χ3v) is 4.89. The van der Waals surface area contributed by atoms with Crippen LogP contribution in [0.4, 0.5) is 11.4 Å². The summed E-state index contributed by atoms with van der Waals surface area (Å²) in [6, 6.07) is 21.3. The topological polar surface area (TPSA) is 95.1 Å². The number of nitrogens with one attached hydrogen (secondary N) is 2. The average molecular weight is 465 g/mol. The fourth-order valence-corrected chi connectivity index (χ4v) is 3.08. The van der Waals surface area contributed by atoms with Gasteiger partial charge in [-0.15, -0.1) is 0 Å². The summed E-state index contributed by atoms with van der Waals surface area (Å²) in [4.78, 5) is 25.4. The van der Waals surface area contributed by atoms with Crippen LogP contribution in [-0.4, -0.2) is 38.2 Å². The first-order chi connectivity index (χ1) is 16.4. The van der Waals surface area contributed by atoms with Crippen molar-refractivity contribution in [2.24, 2.45) is 0 Å². The Morgan fingerprint density at radius 1 is 0.647 bits per heavy atom. The molecule has 3 rings (SSSR count). The Morgan fingerprint density at radius 2 is 1.00 bits per heavy atom. The summed E-state index contributed by atoms with van der Waals surface area (Å²) in [6.45, 7) is 3.30. The largest absolute Gasteiger partial charge is 0.494 e. The van der Waals surface area contributed by atoms with Crippen molar-refractivity contribution < 1.29 is 28.5 Å². The summed E-state index contributed by atoms with van der Waals surface area (Å²) in [5.41, 5.74) is 0.749. The fourth-order valence-electron chi connectivity index (χ4n) is 3.08. The van der Waals surface area contributed by atoms with Gasteiger partial charge in [0.25, 0.3) is 11.8 Å². The molecule has 34 heavy (non-hydrogen) atoms. The van der Waals surface area contributed by atoms with E-state index in [0.29, 0.717) is 34.4 Å². The smallest absolute Gasteiger partial charge is 0.265 e. The third-order valence-electron chi connectivity index (χ3n) is 4.89. The number of para-hydroxylation sites is 2. The van der Waals surface area contributed by atoms with E-state index in [1.807, 2.05) is 36.4 Å². The average Bonchev–Trinajstić information content (AvgIpc) is 2.85. The number of ether oxygens (including phenoxy) is 4. The molecular weight excluding hydrogens is 436 g/mol. The molecule has 2 amide bonds. The van der Waals surface area contributed by atoms with Gasteiger partial charge in [-0.3, -0.25) is 9.59 Å². The molecule has 0 aliphatic carbocycles. The van der Waals surface area contributed by atoms with Crippen LogP contribution in [-0.2, 0) is 9.59 Å². The van der Waals surface area contributed by atoms with E-state index in [1.165, 1.54) is 14.2 Å². The van der Waals surface area contributed by atoms with Crippen LogP contribution in [0.25, 0.3) is 0 Å². The number of methoxy groups -OCH3 is 2. The molecule has 178 valence electrons. The van der Waals surface area contributed by atoms with Crippen molar-refractivity contribution in [1.82, 2.24) is 0 Å². The number of anilines is 2. The number of benzene rings is 3. The van der Waals surface area contributed by atoms with Crippen molar-refractivity contribution in [3.63, 3.8) is 0 Å². The van der Waals surface area contributed by atoms with E-state index in [9.17, 15) is 9.59 Å². The number of carbonyl (C=O) groups excluding carboxylic acids is 2. The van der Waals surface area contributed by atoms with Gasteiger partial charge in [0.2, 0.25) is 0 Å². The van der Waals surface area contributed by atoms with E-state index in [-0.39, 0.29) is 11.8 Å². The summed E-state index contributed by atoms with van der Waals surface area (Å²) in [7, 11) is 2.93. The predicted octanol–water partition coefficient (Wildman–Crippen LogP) is 4.52.